The van der Waals surface area contributed by atoms with Gasteiger partial charge in [-0.25, -0.2) is 0 Å². The Balaban J connectivity index is 0.00000176. The summed E-state index contributed by atoms with van der Waals surface area (Å²) in [6, 6.07) is 8.18. The van der Waals surface area contributed by atoms with E-state index in [9.17, 15) is 0 Å². The molecule has 1 aromatic heterocycles. The lowest BCUT2D eigenvalue weighted by Crippen LogP contribution is -2.32. The monoisotopic (exact) mass is 324 g/mol. The van der Waals surface area contributed by atoms with Crippen LogP contribution in [0.1, 0.15) is 12.3 Å². The normalized spacial score (nSPS) is 17.5. The van der Waals surface area contributed by atoms with E-state index in [1.807, 2.05) is 24.3 Å². The zero-order valence-electron chi connectivity index (χ0n) is 12.8. The fourth-order valence-corrected chi connectivity index (χ4v) is 2.53. The van der Waals surface area contributed by atoms with E-state index in [0.29, 0.717) is 24.3 Å². The highest BCUT2D eigenvalue weighted by Crippen LogP contribution is 2.20. The Bertz CT molecular complexity index is 581. The Morgan fingerprint density at radius 3 is 2.77 bits per heavy atom. The Morgan fingerprint density at radius 2 is 2.14 bits per heavy atom. The number of hydrogen-bond donors (Lipinski definition) is 1. The van der Waals surface area contributed by atoms with Crippen LogP contribution in [-0.4, -0.2) is 48.3 Å². The molecule has 120 valence electrons. The average Bonchev–Trinajstić information content (AvgIpc) is 3.19. The van der Waals surface area contributed by atoms with Gasteiger partial charge in [0.2, 0.25) is 11.7 Å². The van der Waals surface area contributed by atoms with Crippen molar-refractivity contribution >= 4 is 12.4 Å². The number of likely N-dealkylation sites (N-methyl/N-ethyl adjacent to an activating group) is 1. The molecule has 1 aromatic carbocycles. The van der Waals surface area contributed by atoms with Crippen molar-refractivity contribution < 1.29 is 9.26 Å². The summed E-state index contributed by atoms with van der Waals surface area (Å²) >= 11 is 0. The third-order valence-corrected chi connectivity index (χ3v) is 3.86. The van der Waals surface area contributed by atoms with Gasteiger partial charge < -0.3 is 14.6 Å². The second kappa shape index (κ2) is 7.58. The van der Waals surface area contributed by atoms with Crippen molar-refractivity contribution in [2.24, 2.45) is 0 Å². The first-order valence-electron chi connectivity index (χ1n) is 7.14. The Morgan fingerprint density at radius 1 is 1.36 bits per heavy atom. The van der Waals surface area contributed by atoms with Crippen LogP contribution in [0.2, 0.25) is 0 Å². The third-order valence-electron chi connectivity index (χ3n) is 3.86. The molecule has 1 N–H and O–H groups in total. The zero-order valence-corrected chi connectivity index (χ0v) is 13.6. The summed E-state index contributed by atoms with van der Waals surface area (Å²) in [6.45, 7) is 2.78. The molecule has 7 heteroatoms. The van der Waals surface area contributed by atoms with Crippen LogP contribution in [0.5, 0.6) is 5.75 Å². The van der Waals surface area contributed by atoms with Crippen molar-refractivity contribution in [2.45, 2.75) is 19.0 Å². The third kappa shape index (κ3) is 3.76. The van der Waals surface area contributed by atoms with E-state index in [0.717, 1.165) is 30.8 Å². The number of methoxy groups -OCH3 is 1. The van der Waals surface area contributed by atoms with Crippen LogP contribution in [-0.2, 0) is 6.54 Å². The van der Waals surface area contributed by atoms with Crippen molar-refractivity contribution in [3.63, 3.8) is 0 Å². The first kappa shape index (κ1) is 16.7. The quantitative estimate of drug-likeness (QED) is 0.907. The van der Waals surface area contributed by atoms with Crippen LogP contribution in [0.15, 0.2) is 28.8 Å². The second-order valence-corrected chi connectivity index (χ2v) is 5.30. The lowest BCUT2D eigenvalue weighted by atomic mass is 10.2. The molecule has 0 saturated carbocycles. The highest BCUT2D eigenvalue weighted by molar-refractivity contribution is 5.85. The van der Waals surface area contributed by atoms with E-state index in [1.165, 1.54) is 0 Å². The minimum Gasteiger partial charge on any atom is -0.497 e. The van der Waals surface area contributed by atoms with Crippen LogP contribution in [0.25, 0.3) is 11.4 Å². The van der Waals surface area contributed by atoms with Gasteiger partial charge in [0.05, 0.1) is 13.7 Å². The number of benzene rings is 1. The van der Waals surface area contributed by atoms with Gasteiger partial charge in [-0.2, -0.15) is 4.98 Å². The molecule has 0 bridgehead atoms. The molecule has 1 atom stereocenters. The smallest absolute Gasteiger partial charge is 0.241 e. The highest BCUT2D eigenvalue weighted by atomic mass is 35.5. The number of halogens is 1. The van der Waals surface area contributed by atoms with Gasteiger partial charge >= 0.3 is 0 Å². The zero-order chi connectivity index (χ0) is 14.7. The summed E-state index contributed by atoms with van der Waals surface area (Å²) < 4.78 is 10.5. The minimum absolute atomic E-state index is 0. The van der Waals surface area contributed by atoms with Crippen molar-refractivity contribution in [2.75, 3.05) is 27.2 Å². The van der Waals surface area contributed by atoms with Crippen LogP contribution >= 0.6 is 12.4 Å². The van der Waals surface area contributed by atoms with Gasteiger partial charge in [0.1, 0.15) is 5.75 Å². The van der Waals surface area contributed by atoms with E-state index in [1.54, 1.807) is 7.11 Å². The van der Waals surface area contributed by atoms with Gasteiger partial charge in [0.15, 0.2) is 0 Å². The van der Waals surface area contributed by atoms with Crippen molar-refractivity contribution in [3.8, 4) is 17.1 Å². The molecular weight excluding hydrogens is 304 g/mol. The van der Waals surface area contributed by atoms with Gasteiger partial charge in [-0.05, 0) is 44.3 Å². The molecule has 2 heterocycles. The van der Waals surface area contributed by atoms with Gasteiger partial charge in [0, 0.05) is 18.2 Å². The van der Waals surface area contributed by atoms with Crippen LogP contribution in [0.4, 0.5) is 0 Å². The van der Waals surface area contributed by atoms with Crippen LogP contribution in [0.3, 0.4) is 0 Å². The number of rotatable bonds is 5. The van der Waals surface area contributed by atoms with Crippen LogP contribution in [0, 0.1) is 0 Å². The summed E-state index contributed by atoms with van der Waals surface area (Å²) in [5.41, 5.74) is 0.927. The van der Waals surface area contributed by atoms with Crippen LogP contribution < -0.4 is 10.1 Å². The maximum atomic E-state index is 5.35. The molecule has 1 aliphatic rings. The van der Waals surface area contributed by atoms with Crippen molar-refractivity contribution in [1.82, 2.24) is 20.4 Å². The molecule has 2 aromatic rings. The molecule has 1 saturated heterocycles. The Hall–Kier alpha value is -1.63. The molecule has 0 radical (unpaired) electrons. The van der Waals surface area contributed by atoms with Gasteiger partial charge in [0.25, 0.3) is 0 Å². The maximum Gasteiger partial charge on any atom is 0.241 e. The number of hydrogen-bond acceptors (Lipinski definition) is 6. The molecule has 0 spiro atoms. The molecular formula is C15H21ClN4O2. The topological polar surface area (TPSA) is 63.4 Å². The highest BCUT2D eigenvalue weighted by Gasteiger charge is 2.21. The largest absolute Gasteiger partial charge is 0.497 e. The number of aromatic nitrogens is 2. The van der Waals surface area contributed by atoms with Gasteiger partial charge in [-0.1, -0.05) is 5.16 Å². The van der Waals surface area contributed by atoms with Crippen molar-refractivity contribution in [1.29, 1.82) is 0 Å². The molecule has 0 amide bonds. The molecule has 6 nitrogen and oxygen atoms in total. The van der Waals surface area contributed by atoms with E-state index >= 15 is 0 Å². The molecule has 1 unspecified atom stereocenters. The fourth-order valence-electron chi connectivity index (χ4n) is 2.53. The SMILES string of the molecule is COc1ccc(-c2noc(CN(C)C3CCNC3)n2)cc1.Cl. The number of nitrogens with one attached hydrogen (secondary N) is 1. The maximum absolute atomic E-state index is 5.35. The second-order valence-electron chi connectivity index (χ2n) is 5.30. The lowest BCUT2D eigenvalue weighted by molar-refractivity contribution is 0.214. The molecule has 0 aliphatic carbocycles. The first-order valence-corrected chi connectivity index (χ1v) is 7.14. The summed E-state index contributed by atoms with van der Waals surface area (Å²) in [5, 5.41) is 7.41. The molecule has 1 aliphatic heterocycles. The minimum atomic E-state index is 0. The standard InChI is InChI=1S/C15H20N4O2.ClH/c1-19(12-7-8-16-9-12)10-14-17-15(18-21-14)11-3-5-13(20-2)6-4-11;/h3-6,12,16H,7-10H2,1-2H3;1H. The number of ether oxygens (including phenoxy) is 1. The van der Waals surface area contributed by atoms with E-state index in [-0.39, 0.29) is 12.4 Å². The molecule has 3 rings (SSSR count). The molecule has 22 heavy (non-hydrogen) atoms. The summed E-state index contributed by atoms with van der Waals surface area (Å²) in [4.78, 5) is 6.72. The average molecular weight is 325 g/mol. The predicted octanol–water partition coefficient (Wildman–Crippen LogP) is 1.96. The first-order chi connectivity index (χ1) is 10.3. The Kier molecular flexibility index (Phi) is 5.76. The number of nitrogens with zero attached hydrogens (tertiary/aromatic N) is 3. The van der Waals surface area contributed by atoms with E-state index in [2.05, 4.69) is 27.4 Å². The summed E-state index contributed by atoms with van der Waals surface area (Å²) in [5.74, 6) is 2.08. The molecule has 1 fully saturated rings. The van der Waals surface area contributed by atoms with Gasteiger partial charge in [-0.15, -0.1) is 12.4 Å². The van der Waals surface area contributed by atoms with Crippen molar-refractivity contribution in [3.05, 3.63) is 30.2 Å². The Labute approximate surface area is 136 Å². The van der Waals surface area contributed by atoms with E-state index in [4.69, 9.17) is 9.26 Å². The summed E-state index contributed by atoms with van der Waals surface area (Å²) in [7, 11) is 3.74. The predicted molar refractivity (Wildman–Crippen MR) is 86.3 cm³/mol. The van der Waals surface area contributed by atoms with Gasteiger partial charge in [-0.3, -0.25) is 4.90 Å². The lowest BCUT2D eigenvalue weighted by Gasteiger charge is -2.21. The summed E-state index contributed by atoms with van der Waals surface area (Å²) in [6.07, 6.45) is 1.16. The van der Waals surface area contributed by atoms with E-state index < -0.39 is 0 Å². The fraction of sp³-hybridized carbons (Fsp3) is 0.467.